The normalized spacial score (nSPS) is 18.1. The number of benzene rings is 2. The number of pyridine rings is 1. The number of aromatic nitrogens is 1. The lowest BCUT2D eigenvalue weighted by Crippen LogP contribution is -2.39. The van der Waals surface area contributed by atoms with Crippen LogP contribution in [0.15, 0.2) is 57.1 Å². The minimum atomic E-state index is -3.91. The van der Waals surface area contributed by atoms with Crippen molar-refractivity contribution in [1.82, 2.24) is 9.29 Å². The monoisotopic (exact) mass is 423 g/mol. The summed E-state index contributed by atoms with van der Waals surface area (Å²) in [6.07, 6.45) is 3.80. The molecule has 0 bridgehead atoms. The summed E-state index contributed by atoms with van der Waals surface area (Å²) in [6, 6.07) is 11.9. The van der Waals surface area contributed by atoms with E-state index in [2.05, 4.69) is 9.71 Å². The number of hydrogen-bond acceptors (Lipinski definition) is 5. The van der Waals surface area contributed by atoms with Crippen LogP contribution < -0.4 is 10.3 Å². The number of amidine groups is 1. The first-order chi connectivity index (χ1) is 14.4. The topological polar surface area (TPSA) is 101 Å². The molecule has 7 nitrogen and oxygen atoms in total. The van der Waals surface area contributed by atoms with Crippen molar-refractivity contribution in [3.05, 3.63) is 63.9 Å². The van der Waals surface area contributed by atoms with E-state index in [0.717, 1.165) is 31.2 Å². The number of aliphatic imine (C=N–C) groups is 1. The molecule has 30 heavy (non-hydrogen) atoms. The molecule has 1 saturated carbocycles. The van der Waals surface area contributed by atoms with Gasteiger partial charge in [0.05, 0.1) is 11.2 Å². The molecule has 0 radical (unpaired) electrons. The van der Waals surface area contributed by atoms with Crippen LogP contribution in [-0.2, 0) is 10.0 Å². The first kappa shape index (κ1) is 18.9. The Morgan fingerprint density at radius 1 is 1.10 bits per heavy atom. The fourth-order valence-corrected chi connectivity index (χ4v) is 5.72. The summed E-state index contributed by atoms with van der Waals surface area (Å²) in [5.74, 6) is -0.392. The molecular formula is C22H21N3O4S. The molecule has 2 N–H and O–H groups in total. The number of sulfonamides is 1. The number of nitrogens with one attached hydrogen (secondary N) is 1. The molecule has 0 unspecified atom stereocenters. The van der Waals surface area contributed by atoms with E-state index in [1.807, 2.05) is 25.1 Å². The number of rotatable bonds is 2. The minimum absolute atomic E-state index is 0.00855. The summed E-state index contributed by atoms with van der Waals surface area (Å²) in [7, 11) is -3.91. The Labute approximate surface area is 173 Å². The zero-order valence-electron chi connectivity index (χ0n) is 16.4. The van der Waals surface area contributed by atoms with Crippen molar-refractivity contribution in [3.8, 4) is 5.75 Å². The lowest BCUT2D eigenvalue weighted by atomic mass is 10.0. The summed E-state index contributed by atoms with van der Waals surface area (Å²) in [6.45, 7) is 1.86. The van der Waals surface area contributed by atoms with Gasteiger partial charge in [0.2, 0.25) is 0 Å². The first-order valence-electron chi connectivity index (χ1n) is 9.96. The smallest absolute Gasteiger partial charge is 0.266 e. The molecule has 1 aliphatic heterocycles. The molecule has 8 heteroatoms. The Hall–Kier alpha value is -3.13. The van der Waals surface area contributed by atoms with E-state index >= 15 is 0 Å². The first-order valence-corrected chi connectivity index (χ1v) is 11.4. The minimum Gasteiger partial charge on any atom is -0.506 e. The standard InChI is InChI=1S/C22H21N3O4S/c1-13-7-6-11-16-18(13)20(26)19(22(27)25(16)14-8-2-3-9-14)21-23-15-10-4-5-12-17(15)30(28,29)24-21/h4-7,10-12,14,26H,2-3,8-9H2,1H3,(H,23,24). The predicted octanol–water partition coefficient (Wildman–Crippen LogP) is 3.50. The highest BCUT2D eigenvalue weighted by molar-refractivity contribution is 7.90. The second-order valence-corrected chi connectivity index (χ2v) is 9.49. The van der Waals surface area contributed by atoms with Crippen molar-refractivity contribution in [2.75, 3.05) is 0 Å². The molecule has 1 aliphatic carbocycles. The van der Waals surface area contributed by atoms with Gasteiger partial charge in [-0.25, -0.2) is 13.4 Å². The third kappa shape index (κ3) is 2.74. The van der Waals surface area contributed by atoms with Gasteiger partial charge in [0.25, 0.3) is 15.6 Å². The van der Waals surface area contributed by atoms with Crippen molar-refractivity contribution in [3.63, 3.8) is 0 Å². The number of nitrogens with zero attached hydrogens (tertiary/aromatic N) is 2. The van der Waals surface area contributed by atoms with Crippen LogP contribution in [0.1, 0.15) is 42.9 Å². The van der Waals surface area contributed by atoms with Gasteiger partial charge in [-0.15, -0.1) is 0 Å². The second kappa shape index (κ2) is 6.70. The predicted molar refractivity (Wildman–Crippen MR) is 115 cm³/mol. The van der Waals surface area contributed by atoms with Gasteiger partial charge in [-0.1, -0.05) is 37.1 Å². The molecule has 2 aliphatic rings. The maximum Gasteiger partial charge on any atom is 0.266 e. The third-order valence-corrected chi connectivity index (χ3v) is 7.35. The molecule has 5 rings (SSSR count). The van der Waals surface area contributed by atoms with E-state index in [9.17, 15) is 18.3 Å². The van der Waals surface area contributed by atoms with Gasteiger partial charge in [0.1, 0.15) is 16.2 Å². The lowest BCUT2D eigenvalue weighted by molar-refractivity contribution is 0.470. The van der Waals surface area contributed by atoms with Crippen LogP contribution in [0.3, 0.4) is 0 Å². The Bertz CT molecular complexity index is 1380. The number of hydrogen-bond donors (Lipinski definition) is 2. The number of aromatic hydroxyl groups is 1. The average Bonchev–Trinajstić information content (AvgIpc) is 3.22. The van der Waals surface area contributed by atoms with Crippen LogP contribution >= 0.6 is 0 Å². The van der Waals surface area contributed by atoms with Crippen molar-refractivity contribution < 1.29 is 13.5 Å². The molecule has 0 spiro atoms. The molecule has 2 aromatic carbocycles. The number of fused-ring (bicyclic) bond motifs is 2. The highest BCUT2D eigenvalue weighted by atomic mass is 32.2. The van der Waals surface area contributed by atoms with E-state index in [4.69, 9.17) is 0 Å². The SMILES string of the molecule is Cc1cccc2c1c(O)c(C1=Nc3ccccc3S(=O)(=O)N1)c(=O)n2C1CCCC1. The van der Waals surface area contributed by atoms with Gasteiger partial charge in [0, 0.05) is 11.4 Å². The summed E-state index contributed by atoms with van der Waals surface area (Å²) >= 11 is 0. The quantitative estimate of drug-likeness (QED) is 0.659. The van der Waals surface area contributed by atoms with Crippen LogP contribution in [-0.4, -0.2) is 23.9 Å². The fraction of sp³-hybridized carbons (Fsp3) is 0.273. The van der Waals surface area contributed by atoms with Gasteiger partial charge in [-0.3, -0.25) is 9.52 Å². The van der Waals surface area contributed by atoms with E-state index < -0.39 is 15.6 Å². The van der Waals surface area contributed by atoms with Gasteiger partial charge < -0.3 is 9.67 Å². The van der Waals surface area contributed by atoms with Crippen LogP contribution in [0.5, 0.6) is 5.75 Å². The molecule has 154 valence electrons. The Morgan fingerprint density at radius 2 is 1.83 bits per heavy atom. The third-order valence-electron chi connectivity index (χ3n) is 5.96. The highest BCUT2D eigenvalue weighted by Gasteiger charge is 2.32. The van der Waals surface area contributed by atoms with Crippen LogP contribution in [0.2, 0.25) is 0 Å². The molecule has 0 amide bonds. The molecule has 3 aromatic rings. The van der Waals surface area contributed by atoms with E-state index in [1.54, 1.807) is 22.8 Å². The molecule has 2 heterocycles. The van der Waals surface area contributed by atoms with Gasteiger partial charge in [-0.2, -0.15) is 0 Å². The zero-order chi connectivity index (χ0) is 21.0. The van der Waals surface area contributed by atoms with Gasteiger partial charge in [0.15, 0.2) is 5.84 Å². The van der Waals surface area contributed by atoms with Gasteiger partial charge in [-0.05, 0) is 43.5 Å². The summed E-state index contributed by atoms with van der Waals surface area (Å²) < 4.78 is 29.6. The van der Waals surface area contributed by atoms with Crippen molar-refractivity contribution in [2.24, 2.45) is 4.99 Å². The maximum atomic E-state index is 13.6. The van der Waals surface area contributed by atoms with Gasteiger partial charge >= 0.3 is 0 Å². The Morgan fingerprint density at radius 3 is 2.60 bits per heavy atom. The lowest BCUT2D eigenvalue weighted by Gasteiger charge is -2.23. The van der Waals surface area contributed by atoms with Crippen molar-refractivity contribution in [1.29, 1.82) is 0 Å². The van der Waals surface area contributed by atoms with E-state index in [-0.39, 0.29) is 33.8 Å². The summed E-state index contributed by atoms with van der Waals surface area (Å²) in [5.41, 5.74) is 1.16. The second-order valence-electron chi connectivity index (χ2n) is 7.84. The van der Waals surface area contributed by atoms with Crippen molar-refractivity contribution in [2.45, 2.75) is 43.5 Å². The average molecular weight is 423 g/mol. The maximum absolute atomic E-state index is 13.6. The van der Waals surface area contributed by atoms with Crippen molar-refractivity contribution >= 4 is 32.4 Å². The molecule has 0 saturated heterocycles. The number of aryl methyl sites for hydroxylation is 1. The Kier molecular flexibility index (Phi) is 4.21. The zero-order valence-corrected chi connectivity index (χ0v) is 17.2. The Balaban J connectivity index is 1.86. The number of para-hydroxylation sites is 1. The largest absolute Gasteiger partial charge is 0.506 e. The van der Waals surface area contributed by atoms with E-state index in [0.29, 0.717) is 10.9 Å². The van der Waals surface area contributed by atoms with Crippen LogP contribution in [0, 0.1) is 6.92 Å². The molecule has 0 atom stereocenters. The summed E-state index contributed by atoms with van der Waals surface area (Å²) in [4.78, 5) is 18.0. The molecule has 1 aromatic heterocycles. The van der Waals surface area contributed by atoms with E-state index in [1.165, 1.54) is 6.07 Å². The molecular weight excluding hydrogens is 402 g/mol. The van der Waals surface area contributed by atoms with Crippen LogP contribution in [0.4, 0.5) is 5.69 Å². The van der Waals surface area contributed by atoms with Crippen LogP contribution in [0.25, 0.3) is 10.9 Å². The molecule has 1 fully saturated rings. The fourth-order valence-electron chi connectivity index (χ4n) is 4.56. The highest BCUT2D eigenvalue weighted by Crippen LogP contribution is 2.37. The summed E-state index contributed by atoms with van der Waals surface area (Å²) in [5, 5.41) is 11.7.